The quantitative estimate of drug-likeness (QED) is 0.437. The highest BCUT2D eigenvalue weighted by Gasteiger charge is 1.78. The summed E-state index contributed by atoms with van der Waals surface area (Å²) >= 11 is 0. The molecule has 0 aliphatic carbocycles. The number of aliphatic imine (C=N–C) groups is 1. The predicted octanol–water partition coefficient (Wildman–Crippen LogP) is 1.03. The van der Waals surface area contributed by atoms with E-state index in [2.05, 4.69) is 4.99 Å². The fraction of sp³-hybridized carbons (Fsp3) is 0. The van der Waals surface area contributed by atoms with Crippen molar-refractivity contribution in [3.63, 3.8) is 0 Å². The minimum atomic E-state index is 1.75. The van der Waals surface area contributed by atoms with Crippen LogP contribution in [0.4, 0.5) is 0 Å². The third-order valence-electron chi connectivity index (χ3n) is 0.789. The summed E-state index contributed by atoms with van der Waals surface area (Å²) in [7, 11) is 0. The summed E-state index contributed by atoms with van der Waals surface area (Å²) in [5.41, 5.74) is 0. The van der Waals surface area contributed by atoms with Gasteiger partial charge in [0.25, 0.3) is 0 Å². The SMILES string of the molecule is C1=C\C=C/[N+]=C\C=C/1. The van der Waals surface area contributed by atoms with Crippen molar-refractivity contribution in [2.24, 2.45) is 0 Å². The number of allylic oxidation sites excluding steroid dienone is 5. The van der Waals surface area contributed by atoms with E-state index in [1.807, 2.05) is 30.4 Å². The Kier molecular flexibility index (Phi) is 1.87. The Labute approximate surface area is 48.7 Å². The van der Waals surface area contributed by atoms with Crippen molar-refractivity contribution in [3.8, 4) is 0 Å². The largest absolute Gasteiger partial charge is 0.242 e. The van der Waals surface area contributed by atoms with Crippen LogP contribution in [0, 0.1) is 0 Å². The predicted molar refractivity (Wildman–Crippen MR) is 35.6 cm³/mol. The van der Waals surface area contributed by atoms with E-state index >= 15 is 0 Å². The molecule has 0 aromatic heterocycles. The highest BCUT2D eigenvalue weighted by atomic mass is 14.6. The van der Waals surface area contributed by atoms with Gasteiger partial charge in [-0.3, -0.25) is 0 Å². The van der Waals surface area contributed by atoms with Crippen molar-refractivity contribution >= 4 is 6.21 Å². The monoisotopic (exact) mass is 105 g/mol. The highest BCUT2D eigenvalue weighted by Crippen LogP contribution is 1.78. The molecule has 0 aromatic rings. The van der Waals surface area contributed by atoms with Gasteiger partial charge in [-0.1, -0.05) is 18.2 Å². The molecule has 0 spiro atoms. The maximum Gasteiger partial charge on any atom is 0.242 e. The van der Waals surface area contributed by atoms with Crippen LogP contribution < -0.4 is 4.99 Å². The molecular formula is C7H7N+. The van der Waals surface area contributed by atoms with Crippen LogP contribution in [0.25, 0.3) is 0 Å². The molecule has 1 heteroatoms. The standard InChI is InChI=1S/C7H7N/c1-2-4-6-8-7-5-3-1/h1-7H/q+1/b2-1-,3-1?,4-2?,5-3-,6-4-,7-5?,8-6?,8-7?. The lowest BCUT2D eigenvalue weighted by molar-refractivity contribution is 1.40. The topological polar surface area (TPSA) is 14.1 Å². The zero-order chi connectivity index (χ0) is 5.66. The average Bonchev–Trinajstić information content (AvgIpc) is 1.62. The van der Waals surface area contributed by atoms with Gasteiger partial charge in [-0.05, 0) is 0 Å². The van der Waals surface area contributed by atoms with Crippen LogP contribution in [-0.2, 0) is 0 Å². The molecule has 0 N–H and O–H groups in total. The zero-order valence-electron chi connectivity index (χ0n) is 4.49. The summed E-state index contributed by atoms with van der Waals surface area (Å²) in [6, 6.07) is 0. The molecule has 1 aliphatic rings. The summed E-state index contributed by atoms with van der Waals surface area (Å²) in [4.78, 5) is 3.89. The molecule has 1 nitrogen and oxygen atoms in total. The van der Waals surface area contributed by atoms with Crippen LogP contribution in [0.1, 0.15) is 0 Å². The van der Waals surface area contributed by atoms with Crippen molar-refractivity contribution in [1.82, 2.24) is 4.99 Å². The second kappa shape index (κ2) is 2.97. The summed E-state index contributed by atoms with van der Waals surface area (Å²) in [5.74, 6) is 0. The molecule has 1 heterocycles. The van der Waals surface area contributed by atoms with Crippen molar-refractivity contribution in [2.45, 2.75) is 0 Å². The van der Waals surface area contributed by atoms with Gasteiger partial charge in [0.15, 0.2) is 0 Å². The fourth-order valence-electron chi connectivity index (χ4n) is 0.441. The lowest BCUT2D eigenvalue weighted by Gasteiger charge is -1.68. The van der Waals surface area contributed by atoms with E-state index in [0.29, 0.717) is 0 Å². The second-order valence-electron chi connectivity index (χ2n) is 1.41. The van der Waals surface area contributed by atoms with Gasteiger partial charge in [0, 0.05) is 12.2 Å². The molecular weight excluding hydrogens is 98.1 g/mol. The Morgan fingerprint density at radius 1 is 0.750 bits per heavy atom. The fourth-order valence-corrected chi connectivity index (χ4v) is 0.441. The molecule has 8 heavy (non-hydrogen) atoms. The minimum absolute atomic E-state index is 1.75. The van der Waals surface area contributed by atoms with E-state index in [1.54, 1.807) is 12.4 Å². The van der Waals surface area contributed by atoms with Crippen LogP contribution in [-0.4, -0.2) is 6.21 Å². The molecule has 0 atom stereocenters. The van der Waals surface area contributed by atoms with E-state index in [9.17, 15) is 0 Å². The first-order chi connectivity index (χ1) is 4.00. The van der Waals surface area contributed by atoms with Gasteiger partial charge in [-0.25, -0.2) is 0 Å². The second-order valence-corrected chi connectivity index (χ2v) is 1.41. The van der Waals surface area contributed by atoms with E-state index < -0.39 is 0 Å². The van der Waals surface area contributed by atoms with Crippen LogP contribution in [0.5, 0.6) is 0 Å². The van der Waals surface area contributed by atoms with Crippen molar-refractivity contribution in [3.05, 3.63) is 36.6 Å². The van der Waals surface area contributed by atoms with E-state index in [4.69, 9.17) is 0 Å². The lowest BCUT2D eigenvalue weighted by atomic mass is 10.4. The van der Waals surface area contributed by atoms with Gasteiger partial charge in [0.2, 0.25) is 12.4 Å². The lowest BCUT2D eigenvalue weighted by Crippen LogP contribution is -1.77. The number of nitrogens with zero attached hydrogens (tertiary/aromatic N) is 1. The number of hydrogen-bond donors (Lipinski definition) is 0. The molecule has 0 bridgehead atoms. The molecule has 39 valence electrons. The van der Waals surface area contributed by atoms with Gasteiger partial charge < -0.3 is 0 Å². The summed E-state index contributed by atoms with van der Waals surface area (Å²) in [6.07, 6.45) is 13.1. The molecule has 0 amide bonds. The van der Waals surface area contributed by atoms with Crippen molar-refractivity contribution in [1.29, 1.82) is 0 Å². The van der Waals surface area contributed by atoms with Crippen molar-refractivity contribution < 1.29 is 0 Å². The van der Waals surface area contributed by atoms with Crippen LogP contribution in [0.15, 0.2) is 36.6 Å². The Bertz CT molecular complexity index is 105. The van der Waals surface area contributed by atoms with Gasteiger partial charge in [-0.15, -0.1) is 0 Å². The molecule has 1 rings (SSSR count). The minimum Gasteiger partial charge on any atom is -0.0618 e. The summed E-state index contributed by atoms with van der Waals surface area (Å²) in [5, 5.41) is 0. The Morgan fingerprint density at radius 2 is 1.50 bits per heavy atom. The van der Waals surface area contributed by atoms with Crippen LogP contribution in [0.2, 0.25) is 0 Å². The van der Waals surface area contributed by atoms with Gasteiger partial charge in [-0.2, -0.15) is 0 Å². The van der Waals surface area contributed by atoms with Crippen LogP contribution in [0.3, 0.4) is 0 Å². The van der Waals surface area contributed by atoms with Crippen molar-refractivity contribution in [2.75, 3.05) is 0 Å². The third-order valence-corrected chi connectivity index (χ3v) is 0.789. The van der Waals surface area contributed by atoms with E-state index in [0.717, 1.165) is 0 Å². The normalized spacial score (nSPS) is 32.0. The summed E-state index contributed by atoms with van der Waals surface area (Å²) < 4.78 is 0. The maximum absolute atomic E-state index is 3.89. The summed E-state index contributed by atoms with van der Waals surface area (Å²) in [6.45, 7) is 0. The van der Waals surface area contributed by atoms with E-state index in [1.165, 1.54) is 0 Å². The molecule has 0 unspecified atom stereocenters. The first kappa shape index (κ1) is 5.04. The van der Waals surface area contributed by atoms with Gasteiger partial charge in [0.1, 0.15) is 0 Å². The maximum atomic E-state index is 3.89. The first-order valence-electron chi connectivity index (χ1n) is 2.52. The van der Waals surface area contributed by atoms with E-state index in [-0.39, 0.29) is 0 Å². The number of hydrogen-bond acceptors (Lipinski definition) is 1. The molecule has 0 aromatic carbocycles. The third kappa shape index (κ3) is 1.56. The van der Waals surface area contributed by atoms with Crippen LogP contribution >= 0.6 is 0 Å². The molecule has 1 aliphatic heterocycles. The smallest absolute Gasteiger partial charge is 0.0618 e. The number of rotatable bonds is 0. The molecule has 0 saturated carbocycles. The molecule has 0 fully saturated rings. The highest BCUT2D eigenvalue weighted by molar-refractivity contribution is 5.71. The van der Waals surface area contributed by atoms with Gasteiger partial charge >= 0.3 is 0 Å². The Hall–Kier alpha value is -1.11. The zero-order valence-corrected chi connectivity index (χ0v) is 4.49. The average molecular weight is 105 g/mol. The Morgan fingerprint density at radius 3 is 2.50 bits per heavy atom. The molecule has 0 saturated heterocycles. The molecule has 1 radical (unpaired) electrons. The Balaban J connectivity index is 2.67. The van der Waals surface area contributed by atoms with Gasteiger partial charge in [0.05, 0.1) is 4.99 Å². The first-order valence-corrected chi connectivity index (χ1v) is 2.52.